The lowest BCUT2D eigenvalue weighted by atomic mass is 10.2. The minimum Gasteiger partial charge on any atom is -0.469 e. The number of carbonyl (C=O) groups excluding carboxylic acids is 1. The number of furan rings is 1. The topological polar surface area (TPSA) is 50.8 Å². The highest BCUT2D eigenvalue weighted by molar-refractivity contribution is 5.95. The summed E-state index contributed by atoms with van der Waals surface area (Å²) in [6, 6.07) is 7.77. The van der Waals surface area contributed by atoms with E-state index in [0.717, 1.165) is 32.0 Å². The lowest BCUT2D eigenvalue weighted by Gasteiger charge is -2.30. The van der Waals surface area contributed by atoms with E-state index >= 15 is 0 Å². The van der Waals surface area contributed by atoms with Gasteiger partial charge in [-0.15, -0.1) is 0 Å². The van der Waals surface area contributed by atoms with E-state index < -0.39 is 0 Å². The predicted octanol–water partition coefficient (Wildman–Crippen LogP) is 1.36. The van der Waals surface area contributed by atoms with Gasteiger partial charge in [-0.25, -0.2) is 4.98 Å². The molecule has 5 nitrogen and oxygen atoms in total. The lowest BCUT2D eigenvalue weighted by molar-refractivity contribution is -0.364. The maximum Gasteiger partial charge on any atom is 0.274 e. The normalized spacial score (nSPS) is 15.4. The summed E-state index contributed by atoms with van der Waals surface area (Å²) in [6.07, 6.45) is 3.49. The number of carbonyl (C=O) groups is 1. The number of nitrogens with zero attached hydrogens (tertiary/aromatic N) is 2. The smallest absolute Gasteiger partial charge is 0.274 e. The van der Waals surface area contributed by atoms with Crippen LogP contribution in [0.5, 0.6) is 0 Å². The summed E-state index contributed by atoms with van der Waals surface area (Å²) in [7, 11) is 0. The molecule has 5 heteroatoms. The molecule has 0 aliphatic carbocycles. The number of H-pyrrole nitrogens is 1. The van der Waals surface area contributed by atoms with Crippen molar-refractivity contribution in [3.05, 3.63) is 48.0 Å². The fraction of sp³-hybridized carbons (Fsp3) is 0.333. The molecule has 104 valence electrons. The molecule has 1 amide bonds. The van der Waals surface area contributed by atoms with Crippen molar-refractivity contribution in [1.29, 1.82) is 0 Å². The van der Waals surface area contributed by atoms with Crippen molar-refractivity contribution < 1.29 is 14.2 Å². The first-order valence-electron chi connectivity index (χ1n) is 6.81. The van der Waals surface area contributed by atoms with Crippen molar-refractivity contribution in [2.75, 3.05) is 31.1 Å². The number of anilines is 1. The first-order valence-corrected chi connectivity index (χ1v) is 6.81. The van der Waals surface area contributed by atoms with E-state index in [0.29, 0.717) is 11.3 Å². The fourth-order valence-electron chi connectivity index (χ4n) is 2.51. The van der Waals surface area contributed by atoms with Gasteiger partial charge in [-0.1, -0.05) is 6.07 Å². The molecule has 0 saturated carbocycles. The van der Waals surface area contributed by atoms with E-state index in [1.54, 1.807) is 12.3 Å². The highest BCUT2D eigenvalue weighted by Crippen LogP contribution is 2.15. The van der Waals surface area contributed by atoms with E-state index in [1.165, 1.54) is 0 Å². The van der Waals surface area contributed by atoms with Gasteiger partial charge in [0.2, 0.25) is 0 Å². The van der Waals surface area contributed by atoms with Gasteiger partial charge in [-0.2, -0.15) is 0 Å². The van der Waals surface area contributed by atoms with Gasteiger partial charge in [0.25, 0.3) is 11.7 Å². The Hall–Kier alpha value is -2.30. The molecule has 3 heterocycles. The second-order valence-electron chi connectivity index (χ2n) is 4.92. The number of pyridine rings is 1. The Balaban J connectivity index is 1.64. The van der Waals surface area contributed by atoms with Crippen LogP contribution in [-0.2, 0) is 0 Å². The standard InChI is InChI=1S/C15H17N3O2/c1-12-13(5-11-20-12)15(19)18-9-7-17(8-10-18)14-4-2-3-6-16-14/h2-6,11H,7-10H2,1H3/p+1. The second-order valence-corrected chi connectivity index (χ2v) is 4.92. The van der Waals surface area contributed by atoms with E-state index in [2.05, 4.69) is 16.0 Å². The largest absolute Gasteiger partial charge is 0.469 e. The van der Waals surface area contributed by atoms with Crippen molar-refractivity contribution in [3.8, 4) is 0 Å². The molecule has 0 spiro atoms. The van der Waals surface area contributed by atoms with Crippen LogP contribution >= 0.6 is 0 Å². The highest BCUT2D eigenvalue weighted by atomic mass is 16.3. The maximum atomic E-state index is 12.4. The summed E-state index contributed by atoms with van der Waals surface area (Å²) < 4.78 is 5.20. The van der Waals surface area contributed by atoms with E-state index in [4.69, 9.17) is 4.42 Å². The zero-order valence-corrected chi connectivity index (χ0v) is 11.5. The number of amides is 1. The molecular formula is C15H18N3O2+. The zero-order chi connectivity index (χ0) is 13.9. The zero-order valence-electron chi connectivity index (χ0n) is 11.5. The van der Waals surface area contributed by atoms with Crippen LogP contribution in [0.4, 0.5) is 5.82 Å². The molecule has 0 atom stereocenters. The molecular weight excluding hydrogens is 254 g/mol. The van der Waals surface area contributed by atoms with Crippen LogP contribution in [0.2, 0.25) is 0 Å². The molecule has 0 radical (unpaired) electrons. The Bertz CT molecular complexity index is 586. The number of rotatable bonds is 2. The monoisotopic (exact) mass is 272 g/mol. The molecule has 20 heavy (non-hydrogen) atoms. The molecule has 0 bridgehead atoms. The molecule has 2 aromatic rings. The quantitative estimate of drug-likeness (QED) is 0.829. The van der Waals surface area contributed by atoms with Gasteiger partial charge < -0.3 is 9.32 Å². The van der Waals surface area contributed by atoms with Gasteiger partial charge in [0, 0.05) is 6.07 Å². The third kappa shape index (κ3) is 2.39. The minimum atomic E-state index is 0.0629. The molecule has 2 aromatic heterocycles. The van der Waals surface area contributed by atoms with Crippen LogP contribution in [0.3, 0.4) is 0 Å². The number of nitrogens with one attached hydrogen (secondary N) is 1. The van der Waals surface area contributed by atoms with Crippen LogP contribution in [-0.4, -0.2) is 37.0 Å². The third-order valence-corrected chi connectivity index (χ3v) is 3.69. The van der Waals surface area contributed by atoms with Crippen LogP contribution < -0.4 is 9.88 Å². The van der Waals surface area contributed by atoms with Crippen molar-refractivity contribution >= 4 is 11.7 Å². The predicted molar refractivity (Wildman–Crippen MR) is 74.6 cm³/mol. The van der Waals surface area contributed by atoms with Crippen LogP contribution in [0.25, 0.3) is 0 Å². The number of aromatic nitrogens is 1. The van der Waals surface area contributed by atoms with Crippen molar-refractivity contribution in [1.82, 2.24) is 4.90 Å². The van der Waals surface area contributed by atoms with Crippen molar-refractivity contribution in [2.45, 2.75) is 6.92 Å². The summed E-state index contributed by atoms with van der Waals surface area (Å²) in [5.41, 5.74) is 0.671. The molecule has 1 aliphatic heterocycles. The van der Waals surface area contributed by atoms with E-state index in [-0.39, 0.29) is 5.91 Å². The number of aryl methyl sites for hydroxylation is 1. The molecule has 1 aliphatic rings. The maximum absolute atomic E-state index is 12.4. The Morgan fingerprint density at radius 3 is 2.60 bits per heavy atom. The Labute approximate surface area is 117 Å². The van der Waals surface area contributed by atoms with Gasteiger partial charge in [-0.3, -0.25) is 9.69 Å². The summed E-state index contributed by atoms with van der Waals surface area (Å²) in [5.74, 6) is 1.85. The van der Waals surface area contributed by atoms with Crippen molar-refractivity contribution in [3.63, 3.8) is 0 Å². The van der Waals surface area contributed by atoms with Crippen LogP contribution in [0.15, 0.2) is 41.1 Å². The lowest BCUT2D eigenvalue weighted by Crippen LogP contribution is -2.50. The molecule has 1 fully saturated rings. The fourth-order valence-corrected chi connectivity index (χ4v) is 2.51. The summed E-state index contributed by atoms with van der Waals surface area (Å²) in [5, 5.41) is 0. The Morgan fingerprint density at radius 2 is 2.00 bits per heavy atom. The Morgan fingerprint density at radius 1 is 1.20 bits per heavy atom. The summed E-state index contributed by atoms with van der Waals surface area (Å²) in [6.45, 7) is 4.95. The van der Waals surface area contributed by atoms with Crippen molar-refractivity contribution in [2.24, 2.45) is 0 Å². The van der Waals surface area contributed by atoms with Crippen LogP contribution in [0.1, 0.15) is 16.1 Å². The average molecular weight is 272 g/mol. The van der Waals surface area contributed by atoms with Gasteiger partial charge >= 0.3 is 0 Å². The molecule has 3 rings (SSSR count). The number of hydrogen-bond donors (Lipinski definition) is 0. The van der Waals surface area contributed by atoms with E-state index in [9.17, 15) is 4.79 Å². The number of aromatic amines is 1. The van der Waals surface area contributed by atoms with E-state index in [1.807, 2.05) is 30.2 Å². The van der Waals surface area contributed by atoms with Gasteiger partial charge in [0.05, 0.1) is 31.1 Å². The first-order chi connectivity index (χ1) is 9.75. The molecule has 0 aromatic carbocycles. The van der Waals surface area contributed by atoms with Crippen LogP contribution in [0, 0.1) is 6.92 Å². The third-order valence-electron chi connectivity index (χ3n) is 3.69. The molecule has 1 N–H and O–H groups in total. The highest BCUT2D eigenvalue weighted by Gasteiger charge is 2.27. The molecule has 0 unspecified atom stereocenters. The van der Waals surface area contributed by atoms with Gasteiger partial charge in [0.1, 0.15) is 18.8 Å². The first kappa shape index (κ1) is 12.7. The number of hydrogen-bond acceptors (Lipinski definition) is 3. The Kier molecular flexibility index (Phi) is 3.41. The molecule has 1 saturated heterocycles. The summed E-state index contributed by atoms with van der Waals surface area (Å²) in [4.78, 5) is 19.7. The number of piperazine rings is 1. The SMILES string of the molecule is Cc1occc1C(=O)N1CCN(c2cccc[nH+]2)CC1. The average Bonchev–Trinajstić information content (AvgIpc) is 2.94. The summed E-state index contributed by atoms with van der Waals surface area (Å²) >= 11 is 0. The van der Waals surface area contributed by atoms with Gasteiger partial charge in [-0.05, 0) is 19.1 Å². The van der Waals surface area contributed by atoms with Gasteiger partial charge in [0.15, 0.2) is 0 Å². The second kappa shape index (κ2) is 5.36. The minimum absolute atomic E-state index is 0.0629.